The summed E-state index contributed by atoms with van der Waals surface area (Å²) in [5.41, 5.74) is 3.11. The Kier molecular flexibility index (Phi) is 2.01. The molecule has 1 heterocycles. The van der Waals surface area contributed by atoms with Gasteiger partial charge >= 0.3 is 0 Å². The van der Waals surface area contributed by atoms with E-state index in [1.54, 1.807) is 0 Å². The second kappa shape index (κ2) is 3.19. The third-order valence-corrected chi connectivity index (χ3v) is 2.59. The molecule has 0 atom stereocenters. The van der Waals surface area contributed by atoms with Crippen LogP contribution in [0, 0.1) is 11.3 Å². The number of para-hydroxylation sites is 1. The lowest BCUT2D eigenvalue weighted by Gasteiger charge is -1.97. The molecule has 2 aromatic rings. The predicted octanol–water partition coefficient (Wildman–Crippen LogP) is 2.61. The maximum Gasteiger partial charge on any atom is 0.101 e. The van der Waals surface area contributed by atoms with Crippen LogP contribution in [0.5, 0.6) is 0 Å². The molecule has 0 fully saturated rings. The monoisotopic (exact) mass is 184 g/mol. The number of hydrogen-bond acceptors (Lipinski definition) is 1. The lowest BCUT2D eigenvalue weighted by Crippen LogP contribution is -1.87. The van der Waals surface area contributed by atoms with Gasteiger partial charge in [-0.25, -0.2) is 0 Å². The van der Waals surface area contributed by atoms with Crippen LogP contribution >= 0.6 is 0 Å². The molecule has 0 amide bonds. The Hall–Kier alpha value is -1.75. The van der Waals surface area contributed by atoms with Crippen molar-refractivity contribution in [2.24, 2.45) is 7.05 Å². The molecule has 0 aliphatic rings. The molecule has 0 saturated heterocycles. The first-order chi connectivity index (χ1) is 6.77. The number of nitriles is 1. The molecule has 0 aliphatic heterocycles. The normalized spacial score (nSPS) is 10.4. The average molecular weight is 184 g/mol. The van der Waals surface area contributed by atoms with Gasteiger partial charge in [0.1, 0.15) is 6.07 Å². The number of benzene rings is 1. The van der Waals surface area contributed by atoms with Gasteiger partial charge in [0.15, 0.2) is 0 Å². The van der Waals surface area contributed by atoms with Crippen molar-refractivity contribution in [3.8, 4) is 6.07 Å². The summed E-state index contributed by atoms with van der Waals surface area (Å²) in [4.78, 5) is 0. The fraction of sp³-hybridized carbons (Fsp3) is 0.250. The van der Waals surface area contributed by atoms with Crippen molar-refractivity contribution >= 4 is 10.9 Å². The van der Waals surface area contributed by atoms with Crippen LogP contribution in [0.25, 0.3) is 10.9 Å². The second-order valence-electron chi connectivity index (χ2n) is 3.43. The molecule has 0 bridgehead atoms. The highest BCUT2D eigenvalue weighted by molar-refractivity contribution is 5.88. The van der Waals surface area contributed by atoms with Gasteiger partial charge in [0.2, 0.25) is 0 Å². The summed E-state index contributed by atoms with van der Waals surface area (Å²) in [5.74, 6) is 0. The lowest BCUT2D eigenvalue weighted by molar-refractivity contribution is 0.953. The first kappa shape index (κ1) is 8.83. The Bertz CT molecular complexity index is 515. The Balaban J connectivity index is 2.90. The molecular formula is C12H12N2. The number of fused-ring (bicyclic) bond motifs is 1. The summed E-state index contributed by atoms with van der Waals surface area (Å²) < 4.78 is 2.03. The van der Waals surface area contributed by atoms with Crippen LogP contribution < -0.4 is 0 Å². The minimum absolute atomic E-state index is 0.754. The minimum Gasteiger partial charge on any atom is -0.349 e. The summed E-state index contributed by atoms with van der Waals surface area (Å²) in [6.45, 7) is 2.13. The molecule has 14 heavy (non-hydrogen) atoms. The van der Waals surface area contributed by atoms with Crippen molar-refractivity contribution in [1.29, 1.82) is 5.26 Å². The van der Waals surface area contributed by atoms with Crippen LogP contribution in [0.2, 0.25) is 0 Å². The van der Waals surface area contributed by atoms with Gasteiger partial charge in [0.25, 0.3) is 0 Å². The topological polar surface area (TPSA) is 28.7 Å². The third kappa shape index (κ3) is 1.10. The quantitative estimate of drug-likeness (QED) is 0.669. The van der Waals surface area contributed by atoms with E-state index >= 15 is 0 Å². The third-order valence-electron chi connectivity index (χ3n) is 2.59. The van der Waals surface area contributed by atoms with Gasteiger partial charge in [-0.05, 0) is 18.1 Å². The molecule has 1 aromatic carbocycles. The first-order valence-corrected chi connectivity index (χ1v) is 4.75. The van der Waals surface area contributed by atoms with Crippen LogP contribution in [0.15, 0.2) is 24.4 Å². The molecule has 2 rings (SSSR count). The van der Waals surface area contributed by atoms with Gasteiger partial charge < -0.3 is 4.57 Å². The van der Waals surface area contributed by atoms with Crippen LogP contribution in [0.3, 0.4) is 0 Å². The molecule has 2 nitrogen and oxygen atoms in total. The molecule has 0 spiro atoms. The fourth-order valence-corrected chi connectivity index (χ4v) is 1.92. The number of nitrogens with zero attached hydrogens (tertiary/aromatic N) is 2. The lowest BCUT2D eigenvalue weighted by atomic mass is 10.1. The largest absolute Gasteiger partial charge is 0.349 e. The molecular weight excluding hydrogens is 172 g/mol. The number of aryl methyl sites for hydroxylation is 2. The minimum atomic E-state index is 0.754. The summed E-state index contributed by atoms with van der Waals surface area (Å²) >= 11 is 0. The van der Waals surface area contributed by atoms with Crippen LogP contribution in [-0.4, -0.2) is 4.57 Å². The Labute approximate surface area is 83.4 Å². The predicted molar refractivity (Wildman–Crippen MR) is 57.0 cm³/mol. The van der Waals surface area contributed by atoms with E-state index in [-0.39, 0.29) is 0 Å². The Morgan fingerprint density at radius 3 is 2.86 bits per heavy atom. The highest BCUT2D eigenvalue weighted by atomic mass is 14.9. The van der Waals surface area contributed by atoms with Gasteiger partial charge in [0.05, 0.1) is 11.1 Å². The van der Waals surface area contributed by atoms with Crippen molar-refractivity contribution in [2.75, 3.05) is 0 Å². The summed E-state index contributed by atoms with van der Waals surface area (Å²) in [7, 11) is 1.99. The first-order valence-electron chi connectivity index (χ1n) is 4.75. The van der Waals surface area contributed by atoms with Crippen molar-refractivity contribution < 1.29 is 0 Å². The van der Waals surface area contributed by atoms with Gasteiger partial charge in [-0.2, -0.15) is 5.26 Å². The summed E-state index contributed by atoms with van der Waals surface area (Å²) in [5, 5.41) is 10.2. The zero-order chi connectivity index (χ0) is 10.1. The number of aromatic nitrogens is 1. The number of hydrogen-bond donors (Lipinski definition) is 0. The molecule has 1 aromatic heterocycles. The Morgan fingerprint density at radius 2 is 2.21 bits per heavy atom. The van der Waals surface area contributed by atoms with Crippen molar-refractivity contribution in [3.05, 3.63) is 35.5 Å². The molecule has 2 heteroatoms. The average Bonchev–Trinajstić information content (AvgIpc) is 2.55. The van der Waals surface area contributed by atoms with E-state index in [1.165, 1.54) is 10.9 Å². The highest BCUT2D eigenvalue weighted by Gasteiger charge is 2.07. The van der Waals surface area contributed by atoms with Gasteiger partial charge in [-0.3, -0.25) is 0 Å². The van der Waals surface area contributed by atoms with Gasteiger partial charge in [-0.15, -0.1) is 0 Å². The van der Waals surface area contributed by atoms with Gasteiger partial charge in [0, 0.05) is 18.6 Å². The van der Waals surface area contributed by atoms with Crippen LogP contribution in [0.1, 0.15) is 18.1 Å². The van der Waals surface area contributed by atoms with E-state index in [0.717, 1.165) is 17.5 Å². The molecule has 0 aliphatic carbocycles. The molecule has 0 N–H and O–H groups in total. The Morgan fingerprint density at radius 1 is 1.43 bits per heavy atom. The standard InChI is InChI=1S/C12H12N2/c1-3-9-8-14(2)12-10(7-13)5-4-6-11(9)12/h4-6,8H,3H2,1-2H3. The molecule has 0 radical (unpaired) electrons. The van der Waals surface area contributed by atoms with E-state index < -0.39 is 0 Å². The molecule has 0 unspecified atom stereocenters. The molecule has 70 valence electrons. The maximum atomic E-state index is 8.98. The highest BCUT2D eigenvalue weighted by Crippen LogP contribution is 2.23. The van der Waals surface area contributed by atoms with E-state index in [4.69, 9.17) is 5.26 Å². The zero-order valence-corrected chi connectivity index (χ0v) is 8.41. The second-order valence-corrected chi connectivity index (χ2v) is 3.43. The van der Waals surface area contributed by atoms with Crippen LogP contribution in [-0.2, 0) is 13.5 Å². The maximum absolute atomic E-state index is 8.98. The zero-order valence-electron chi connectivity index (χ0n) is 8.41. The van der Waals surface area contributed by atoms with Crippen molar-refractivity contribution in [3.63, 3.8) is 0 Å². The van der Waals surface area contributed by atoms with Crippen LogP contribution in [0.4, 0.5) is 0 Å². The fourth-order valence-electron chi connectivity index (χ4n) is 1.92. The summed E-state index contributed by atoms with van der Waals surface area (Å²) in [6.07, 6.45) is 3.11. The van der Waals surface area contributed by atoms with Gasteiger partial charge in [-0.1, -0.05) is 19.1 Å². The smallest absolute Gasteiger partial charge is 0.101 e. The van der Waals surface area contributed by atoms with Crippen molar-refractivity contribution in [2.45, 2.75) is 13.3 Å². The van der Waals surface area contributed by atoms with E-state index in [9.17, 15) is 0 Å². The summed E-state index contributed by atoms with van der Waals surface area (Å²) in [6, 6.07) is 8.11. The molecule has 0 saturated carbocycles. The van der Waals surface area contributed by atoms with Crippen molar-refractivity contribution in [1.82, 2.24) is 4.57 Å². The van der Waals surface area contributed by atoms with E-state index in [1.807, 2.05) is 23.7 Å². The number of rotatable bonds is 1. The van der Waals surface area contributed by atoms with E-state index in [0.29, 0.717) is 0 Å². The van der Waals surface area contributed by atoms with E-state index in [2.05, 4.69) is 25.3 Å². The SMILES string of the molecule is CCc1cn(C)c2c(C#N)cccc12.